The van der Waals surface area contributed by atoms with E-state index in [9.17, 15) is 4.79 Å². The summed E-state index contributed by atoms with van der Waals surface area (Å²) in [6, 6.07) is 8.56. The van der Waals surface area contributed by atoms with Gasteiger partial charge in [0.2, 0.25) is 0 Å². The highest BCUT2D eigenvalue weighted by Crippen LogP contribution is 2.22. The van der Waals surface area contributed by atoms with Crippen LogP contribution in [0.5, 0.6) is 0 Å². The maximum Gasteiger partial charge on any atom is 0.325 e. The smallest absolute Gasteiger partial charge is 0.325 e. The molecule has 1 aromatic carbocycles. The molecule has 0 aromatic heterocycles. The Bertz CT molecular complexity index is 434. The number of hydrogen-bond acceptors (Lipinski definition) is 4. The minimum atomic E-state index is -0.793. The Morgan fingerprint density at radius 3 is 2.42 bits per heavy atom. The predicted molar refractivity (Wildman–Crippen MR) is 74.6 cm³/mol. The summed E-state index contributed by atoms with van der Waals surface area (Å²) < 4.78 is 4.78. The van der Waals surface area contributed by atoms with Crippen LogP contribution in [-0.2, 0) is 16.1 Å². The monoisotopic (exact) mass is 262 g/mol. The van der Waals surface area contributed by atoms with Crippen LogP contribution in [0.3, 0.4) is 0 Å². The molecule has 1 aliphatic rings. The first-order chi connectivity index (χ1) is 9.03. The highest BCUT2D eigenvalue weighted by molar-refractivity contribution is 5.80. The molecule has 19 heavy (non-hydrogen) atoms. The zero-order valence-electron chi connectivity index (χ0n) is 11.7. The Hall–Kier alpha value is -1.39. The van der Waals surface area contributed by atoms with Gasteiger partial charge in [-0.25, -0.2) is 0 Å². The summed E-state index contributed by atoms with van der Waals surface area (Å²) >= 11 is 0. The number of rotatable bonds is 3. The number of aryl methyl sites for hydroxylation is 1. The summed E-state index contributed by atoms with van der Waals surface area (Å²) in [4.78, 5) is 14.0. The van der Waals surface area contributed by atoms with E-state index in [1.165, 1.54) is 18.2 Å². The second-order valence-electron chi connectivity index (χ2n) is 5.41. The predicted octanol–water partition coefficient (Wildman–Crippen LogP) is 1.46. The largest absolute Gasteiger partial charge is 0.468 e. The third kappa shape index (κ3) is 3.33. The lowest BCUT2D eigenvalue weighted by Crippen LogP contribution is -2.55. The average molecular weight is 262 g/mol. The molecule has 4 nitrogen and oxygen atoms in total. The Labute approximate surface area is 114 Å². The van der Waals surface area contributed by atoms with Gasteiger partial charge in [-0.1, -0.05) is 29.8 Å². The molecule has 1 aliphatic heterocycles. The Morgan fingerprint density at radius 2 is 1.89 bits per heavy atom. The van der Waals surface area contributed by atoms with Crippen molar-refractivity contribution in [3.8, 4) is 0 Å². The van der Waals surface area contributed by atoms with Gasteiger partial charge in [0.25, 0.3) is 0 Å². The van der Waals surface area contributed by atoms with Crippen LogP contribution in [-0.4, -0.2) is 36.6 Å². The molecule has 2 rings (SSSR count). The van der Waals surface area contributed by atoms with Gasteiger partial charge in [0.05, 0.1) is 7.11 Å². The van der Waals surface area contributed by atoms with Gasteiger partial charge in [0.1, 0.15) is 5.54 Å². The van der Waals surface area contributed by atoms with E-state index in [1.807, 2.05) is 0 Å². The molecule has 2 N–H and O–H groups in total. The fourth-order valence-electron chi connectivity index (χ4n) is 2.47. The van der Waals surface area contributed by atoms with Crippen molar-refractivity contribution in [2.24, 2.45) is 5.73 Å². The molecule has 0 aliphatic carbocycles. The maximum absolute atomic E-state index is 11.6. The summed E-state index contributed by atoms with van der Waals surface area (Å²) in [5.41, 5.74) is 7.87. The van der Waals surface area contributed by atoms with Gasteiger partial charge in [-0.2, -0.15) is 0 Å². The van der Waals surface area contributed by atoms with Crippen LogP contribution in [0.2, 0.25) is 0 Å². The van der Waals surface area contributed by atoms with Crippen molar-refractivity contribution in [3.05, 3.63) is 35.4 Å². The molecule has 0 spiro atoms. The van der Waals surface area contributed by atoms with Crippen molar-refractivity contribution in [2.75, 3.05) is 20.2 Å². The summed E-state index contributed by atoms with van der Waals surface area (Å²) in [5.74, 6) is -0.289. The lowest BCUT2D eigenvalue weighted by molar-refractivity contribution is -0.149. The Kier molecular flexibility index (Phi) is 4.22. The average Bonchev–Trinajstić information content (AvgIpc) is 2.43. The summed E-state index contributed by atoms with van der Waals surface area (Å²) in [5, 5.41) is 0. The molecule has 1 saturated heterocycles. The maximum atomic E-state index is 11.6. The molecule has 0 atom stereocenters. The zero-order chi connectivity index (χ0) is 13.9. The van der Waals surface area contributed by atoms with E-state index >= 15 is 0 Å². The normalized spacial score (nSPS) is 19.1. The second-order valence-corrected chi connectivity index (χ2v) is 5.41. The molecule has 1 heterocycles. The topological polar surface area (TPSA) is 55.6 Å². The van der Waals surface area contributed by atoms with Gasteiger partial charge < -0.3 is 10.5 Å². The number of likely N-dealkylation sites (tertiary alicyclic amines) is 1. The van der Waals surface area contributed by atoms with Gasteiger partial charge in [0.15, 0.2) is 0 Å². The number of ether oxygens (including phenoxy) is 1. The number of nitrogens with two attached hydrogens (primary N) is 1. The molecule has 0 bridgehead atoms. The minimum Gasteiger partial charge on any atom is -0.468 e. The molecule has 0 saturated carbocycles. The van der Waals surface area contributed by atoms with Crippen molar-refractivity contribution in [2.45, 2.75) is 31.8 Å². The number of carbonyl (C=O) groups excluding carboxylic acids is 1. The fourth-order valence-corrected chi connectivity index (χ4v) is 2.47. The van der Waals surface area contributed by atoms with E-state index < -0.39 is 5.54 Å². The SMILES string of the molecule is COC(=O)C1(N)CCN(Cc2ccc(C)cc2)CC1. The number of esters is 1. The van der Waals surface area contributed by atoms with Crippen molar-refractivity contribution in [1.82, 2.24) is 4.90 Å². The minimum absolute atomic E-state index is 0.289. The van der Waals surface area contributed by atoms with Gasteiger partial charge >= 0.3 is 5.97 Å². The molecule has 1 aromatic rings. The summed E-state index contributed by atoms with van der Waals surface area (Å²) in [7, 11) is 1.40. The van der Waals surface area contributed by atoms with E-state index in [-0.39, 0.29) is 5.97 Å². The molecular weight excluding hydrogens is 240 g/mol. The van der Waals surface area contributed by atoms with Gasteiger partial charge in [-0.3, -0.25) is 9.69 Å². The van der Waals surface area contributed by atoms with E-state index in [2.05, 4.69) is 36.1 Å². The number of benzene rings is 1. The Balaban J connectivity index is 1.90. The number of hydrogen-bond donors (Lipinski definition) is 1. The van der Waals surface area contributed by atoms with Gasteiger partial charge in [0, 0.05) is 19.6 Å². The molecule has 0 radical (unpaired) electrons. The van der Waals surface area contributed by atoms with E-state index in [0.29, 0.717) is 12.8 Å². The molecule has 0 amide bonds. The van der Waals surface area contributed by atoms with Crippen LogP contribution in [0.4, 0.5) is 0 Å². The zero-order valence-corrected chi connectivity index (χ0v) is 11.7. The van der Waals surface area contributed by atoms with Crippen LogP contribution in [0, 0.1) is 6.92 Å². The summed E-state index contributed by atoms with van der Waals surface area (Å²) in [6.45, 7) is 4.67. The fraction of sp³-hybridized carbons (Fsp3) is 0.533. The first-order valence-electron chi connectivity index (χ1n) is 6.69. The lowest BCUT2D eigenvalue weighted by Gasteiger charge is -2.37. The highest BCUT2D eigenvalue weighted by atomic mass is 16.5. The van der Waals surface area contributed by atoms with Crippen molar-refractivity contribution in [3.63, 3.8) is 0 Å². The molecular formula is C15H22N2O2. The standard InChI is InChI=1S/C15H22N2O2/c1-12-3-5-13(6-4-12)11-17-9-7-15(16,8-10-17)14(18)19-2/h3-6H,7-11,16H2,1-2H3. The Morgan fingerprint density at radius 1 is 1.32 bits per heavy atom. The van der Waals surface area contributed by atoms with E-state index in [0.717, 1.165) is 19.6 Å². The van der Waals surface area contributed by atoms with Crippen molar-refractivity contribution < 1.29 is 9.53 Å². The second kappa shape index (κ2) is 5.72. The third-order valence-corrected chi connectivity index (χ3v) is 3.87. The first kappa shape index (κ1) is 14.0. The quantitative estimate of drug-likeness (QED) is 0.838. The van der Waals surface area contributed by atoms with Crippen LogP contribution in [0.25, 0.3) is 0 Å². The molecule has 0 unspecified atom stereocenters. The van der Waals surface area contributed by atoms with Crippen molar-refractivity contribution >= 4 is 5.97 Å². The third-order valence-electron chi connectivity index (χ3n) is 3.87. The van der Waals surface area contributed by atoms with Gasteiger partial charge in [-0.05, 0) is 25.3 Å². The van der Waals surface area contributed by atoms with E-state index in [1.54, 1.807) is 0 Å². The van der Waals surface area contributed by atoms with E-state index in [4.69, 9.17) is 10.5 Å². The number of methoxy groups -OCH3 is 1. The lowest BCUT2D eigenvalue weighted by atomic mass is 9.88. The van der Waals surface area contributed by atoms with Crippen LogP contribution >= 0.6 is 0 Å². The molecule has 104 valence electrons. The van der Waals surface area contributed by atoms with Crippen LogP contribution < -0.4 is 5.73 Å². The van der Waals surface area contributed by atoms with Crippen LogP contribution in [0.15, 0.2) is 24.3 Å². The number of nitrogens with zero attached hydrogens (tertiary/aromatic N) is 1. The first-order valence-corrected chi connectivity index (χ1v) is 6.69. The molecule has 4 heteroatoms. The van der Waals surface area contributed by atoms with Gasteiger partial charge in [-0.15, -0.1) is 0 Å². The number of piperidine rings is 1. The van der Waals surface area contributed by atoms with Crippen molar-refractivity contribution in [1.29, 1.82) is 0 Å². The number of carbonyl (C=O) groups is 1. The summed E-state index contributed by atoms with van der Waals surface area (Å²) in [6.07, 6.45) is 1.32. The van der Waals surface area contributed by atoms with Crippen LogP contribution in [0.1, 0.15) is 24.0 Å². The molecule has 1 fully saturated rings. The highest BCUT2D eigenvalue weighted by Gasteiger charge is 2.38.